The highest BCUT2D eigenvalue weighted by atomic mass is 79.9. The number of hydrogen-bond acceptors (Lipinski definition) is 3. The van der Waals surface area contributed by atoms with Gasteiger partial charge in [0.2, 0.25) is 10.0 Å². The van der Waals surface area contributed by atoms with E-state index in [1.54, 1.807) is 11.0 Å². The van der Waals surface area contributed by atoms with Gasteiger partial charge in [0.25, 0.3) is 5.91 Å². The Morgan fingerprint density at radius 2 is 1.92 bits per heavy atom. The summed E-state index contributed by atoms with van der Waals surface area (Å²) in [5, 5.41) is 5.21. The number of nitrogens with two attached hydrogens (primary N) is 1. The smallest absolute Gasteiger partial charge is 0.259 e. The minimum absolute atomic E-state index is 0.0727. The van der Waals surface area contributed by atoms with Crippen LogP contribution < -0.4 is 10.0 Å². The maximum absolute atomic E-state index is 13.1. The molecule has 0 unspecified atom stereocenters. The van der Waals surface area contributed by atoms with Crippen molar-refractivity contribution in [3.63, 3.8) is 0 Å². The molecule has 0 atom stereocenters. The molecule has 0 bridgehead atoms. The Morgan fingerprint density at radius 1 is 1.19 bits per heavy atom. The second kappa shape index (κ2) is 7.13. The SMILES string of the molecule is CC(C)c1ccc2c(c1)CCCN2C(=O)c1cc(S(N)(=O)=O)ccc1Br. The third-order valence-corrected chi connectivity index (χ3v) is 6.23. The van der Waals surface area contributed by atoms with Crippen molar-refractivity contribution < 1.29 is 13.2 Å². The molecule has 1 amide bonds. The van der Waals surface area contributed by atoms with Crippen molar-refractivity contribution in [2.75, 3.05) is 11.4 Å². The van der Waals surface area contributed by atoms with Gasteiger partial charge in [0, 0.05) is 16.7 Å². The highest BCUT2D eigenvalue weighted by molar-refractivity contribution is 9.10. The molecule has 0 spiro atoms. The van der Waals surface area contributed by atoms with Crippen LogP contribution in [0.2, 0.25) is 0 Å². The summed E-state index contributed by atoms with van der Waals surface area (Å²) in [4.78, 5) is 14.8. The van der Waals surface area contributed by atoms with Crippen molar-refractivity contribution >= 4 is 37.5 Å². The van der Waals surface area contributed by atoms with E-state index in [2.05, 4.69) is 35.8 Å². The Bertz CT molecular complexity index is 971. The van der Waals surface area contributed by atoms with Crippen LogP contribution >= 0.6 is 15.9 Å². The number of rotatable bonds is 3. The molecule has 0 fully saturated rings. The fourth-order valence-corrected chi connectivity index (χ4v) is 4.13. The van der Waals surface area contributed by atoms with Gasteiger partial charge in [-0.1, -0.05) is 26.0 Å². The van der Waals surface area contributed by atoms with Crippen molar-refractivity contribution in [2.24, 2.45) is 5.14 Å². The highest BCUT2D eigenvalue weighted by Gasteiger charge is 2.26. The number of fused-ring (bicyclic) bond motifs is 1. The monoisotopic (exact) mass is 436 g/mol. The van der Waals surface area contributed by atoms with Crippen molar-refractivity contribution in [3.8, 4) is 0 Å². The van der Waals surface area contributed by atoms with Gasteiger partial charge < -0.3 is 4.90 Å². The fraction of sp³-hybridized carbons (Fsp3) is 0.316. The summed E-state index contributed by atoms with van der Waals surface area (Å²) in [6.07, 6.45) is 1.80. The summed E-state index contributed by atoms with van der Waals surface area (Å²) in [6.45, 7) is 4.88. The number of sulfonamides is 1. The topological polar surface area (TPSA) is 80.5 Å². The molecule has 2 aromatic carbocycles. The molecule has 0 radical (unpaired) electrons. The van der Waals surface area contributed by atoms with E-state index in [1.807, 2.05) is 12.1 Å². The number of carbonyl (C=O) groups excluding carboxylic acids is 1. The minimum Gasteiger partial charge on any atom is -0.308 e. The van der Waals surface area contributed by atoms with Crippen molar-refractivity contribution in [1.29, 1.82) is 0 Å². The maximum Gasteiger partial charge on any atom is 0.259 e. The molecule has 3 rings (SSSR count). The lowest BCUT2D eigenvalue weighted by Gasteiger charge is -2.30. The molecular weight excluding hydrogens is 416 g/mol. The standard InChI is InChI=1S/C19H21BrN2O3S/c1-12(2)13-5-8-18-14(10-13)4-3-9-22(18)19(23)16-11-15(26(21,24)25)6-7-17(16)20/h5-8,10-12H,3-4,9H2,1-2H3,(H2,21,24,25). The Balaban J connectivity index is 2.03. The van der Waals surface area contributed by atoms with Gasteiger partial charge in [0.15, 0.2) is 0 Å². The van der Waals surface area contributed by atoms with Gasteiger partial charge >= 0.3 is 0 Å². The van der Waals surface area contributed by atoms with Gasteiger partial charge in [0.05, 0.1) is 10.5 Å². The number of primary sulfonamides is 1. The van der Waals surface area contributed by atoms with Gasteiger partial charge in [0.1, 0.15) is 0 Å². The minimum atomic E-state index is -3.87. The normalized spacial score (nSPS) is 14.4. The van der Waals surface area contributed by atoms with Gasteiger partial charge in [-0.15, -0.1) is 0 Å². The van der Waals surface area contributed by atoms with E-state index in [0.29, 0.717) is 16.9 Å². The summed E-state index contributed by atoms with van der Waals surface area (Å²) in [6, 6.07) is 10.5. The van der Waals surface area contributed by atoms with Gasteiger partial charge in [-0.2, -0.15) is 0 Å². The Kier molecular flexibility index (Phi) is 5.23. The van der Waals surface area contributed by atoms with Crippen LogP contribution in [0.4, 0.5) is 5.69 Å². The molecule has 0 aromatic heterocycles. The molecule has 2 N–H and O–H groups in total. The largest absolute Gasteiger partial charge is 0.308 e. The molecule has 0 aliphatic carbocycles. The molecule has 0 saturated heterocycles. The third-order valence-electron chi connectivity index (χ3n) is 4.63. The van der Waals surface area contributed by atoms with E-state index in [-0.39, 0.29) is 16.4 Å². The van der Waals surface area contributed by atoms with Gasteiger partial charge in [-0.25, -0.2) is 13.6 Å². The van der Waals surface area contributed by atoms with Gasteiger partial charge in [-0.05, 0) is 70.1 Å². The predicted octanol–water partition coefficient (Wildman–Crippen LogP) is 3.81. The quantitative estimate of drug-likeness (QED) is 0.793. The second-order valence-corrected chi connectivity index (χ2v) is 9.21. The fourth-order valence-electron chi connectivity index (χ4n) is 3.18. The van der Waals surface area contributed by atoms with E-state index in [0.717, 1.165) is 24.1 Å². The summed E-state index contributed by atoms with van der Waals surface area (Å²) < 4.78 is 23.8. The van der Waals surface area contributed by atoms with Crippen LogP contribution in [-0.4, -0.2) is 20.9 Å². The van der Waals surface area contributed by atoms with Crippen molar-refractivity contribution in [2.45, 2.75) is 37.5 Å². The first-order valence-electron chi connectivity index (χ1n) is 8.45. The van der Waals surface area contributed by atoms with E-state index < -0.39 is 10.0 Å². The third kappa shape index (κ3) is 3.70. The van der Waals surface area contributed by atoms with E-state index in [4.69, 9.17) is 5.14 Å². The van der Waals surface area contributed by atoms with Crippen molar-refractivity contribution in [3.05, 3.63) is 57.6 Å². The summed E-state index contributed by atoms with van der Waals surface area (Å²) in [5.41, 5.74) is 3.57. The van der Waals surface area contributed by atoms with Crippen LogP contribution in [0.5, 0.6) is 0 Å². The zero-order valence-corrected chi connectivity index (χ0v) is 17.1. The molecular formula is C19H21BrN2O3S. The summed E-state index contributed by atoms with van der Waals surface area (Å²) in [7, 11) is -3.87. The van der Waals surface area contributed by atoms with Gasteiger partial charge in [-0.3, -0.25) is 4.79 Å². The molecule has 1 aliphatic heterocycles. The van der Waals surface area contributed by atoms with Crippen LogP contribution in [-0.2, 0) is 16.4 Å². The van der Waals surface area contributed by atoms with E-state index in [9.17, 15) is 13.2 Å². The zero-order valence-electron chi connectivity index (χ0n) is 14.7. The first-order valence-corrected chi connectivity index (χ1v) is 10.8. The molecule has 1 aliphatic rings. The average Bonchev–Trinajstić information content (AvgIpc) is 2.59. The van der Waals surface area contributed by atoms with Crippen LogP contribution in [0.1, 0.15) is 47.7 Å². The first-order chi connectivity index (χ1) is 12.2. The number of aryl methyl sites for hydroxylation is 1. The molecule has 1 heterocycles. The van der Waals surface area contributed by atoms with Crippen LogP contribution in [0.15, 0.2) is 45.8 Å². The van der Waals surface area contributed by atoms with Crippen LogP contribution in [0.3, 0.4) is 0 Å². The lowest BCUT2D eigenvalue weighted by molar-refractivity contribution is 0.0984. The number of amides is 1. The number of benzene rings is 2. The average molecular weight is 437 g/mol. The predicted molar refractivity (Wildman–Crippen MR) is 106 cm³/mol. The summed E-state index contributed by atoms with van der Waals surface area (Å²) >= 11 is 3.35. The molecule has 138 valence electrons. The van der Waals surface area contributed by atoms with E-state index >= 15 is 0 Å². The number of anilines is 1. The molecule has 5 nitrogen and oxygen atoms in total. The number of nitrogens with zero attached hydrogens (tertiary/aromatic N) is 1. The van der Waals surface area contributed by atoms with Crippen LogP contribution in [0.25, 0.3) is 0 Å². The molecule has 0 saturated carbocycles. The zero-order chi connectivity index (χ0) is 19.1. The second-order valence-electron chi connectivity index (χ2n) is 6.79. The summed E-state index contributed by atoms with van der Waals surface area (Å²) in [5.74, 6) is 0.188. The maximum atomic E-state index is 13.1. The Labute approximate surface area is 162 Å². The Morgan fingerprint density at radius 3 is 2.58 bits per heavy atom. The number of hydrogen-bond donors (Lipinski definition) is 1. The molecule has 7 heteroatoms. The van der Waals surface area contributed by atoms with Crippen molar-refractivity contribution in [1.82, 2.24) is 0 Å². The lowest BCUT2D eigenvalue weighted by Crippen LogP contribution is -2.36. The Hall–Kier alpha value is -1.70. The molecule has 26 heavy (non-hydrogen) atoms. The highest BCUT2D eigenvalue weighted by Crippen LogP contribution is 2.32. The molecule has 2 aromatic rings. The lowest BCUT2D eigenvalue weighted by atomic mass is 9.94. The number of carbonyl (C=O) groups is 1. The first kappa shape index (κ1) is 19.1. The van der Waals surface area contributed by atoms with Crippen LogP contribution in [0, 0.1) is 0 Å². The van der Waals surface area contributed by atoms with E-state index in [1.165, 1.54) is 17.7 Å². The number of halogens is 1.